The van der Waals surface area contributed by atoms with Crippen LogP contribution in [0.3, 0.4) is 0 Å². The molecule has 1 aliphatic rings. The van der Waals surface area contributed by atoms with Gasteiger partial charge in [-0.1, -0.05) is 0 Å². The Labute approximate surface area is 177 Å². The number of furan rings is 1. The monoisotopic (exact) mass is 494 g/mol. The largest absolute Gasteiger partial charge is 0.459 e. The van der Waals surface area contributed by atoms with Gasteiger partial charge in [-0.3, -0.25) is 9.79 Å². The number of hydrogen-bond acceptors (Lipinski definition) is 5. The van der Waals surface area contributed by atoms with Crippen molar-refractivity contribution in [2.75, 3.05) is 46.5 Å². The summed E-state index contributed by atoms with van der Waals surface area (Å²) in [5.74, 6) is 0.882. The first-order valence-corrected chi connectivity index (χ1v) is 9.06. The Kier molecular flexibility index (Phi) is 10.7. The molecule has 1 aromatic heterocycles. The molecule has 2 heterocycles. The van der Waals surface area contributed by atoms with E-state index in [4.69, 9.17) is 9.15 Å². The summed E-state index contributed by atoms with van der Waals surface area (Å²) in [4.78, 5) is 16.1. The fraction of sp³-hybridized carbons (Fsp3) is 0.667. The number of rotatable bonds is 9. The molecule has 1 fully saturated rings. The van der Waals surface area contributed by atoms with Crippen LogP contribution in [0, 0.1) is 12.3 Å². The molecule has 1 saturated heterocycles. The summed E-state index contributed by atoms with van der Waals surface area (Å²) in [5.41, 5.74) is 0.805. The SMILES string of the molecule is CN=C(NCCCNC(=O)c1occc1C)NCC1(CCO)CCOC1.I. The average Bonchev–Trinajstić information content (AvgIpc) is 3.27. The summed E-state index contributed by atoms with van der Waals surface area (Å²) in [6.45, 7) is 5.34. The van der Waals surface area contributed by atoms with E-state index in [2.05, 4.69) is 20.9 Å². The summed E-state index contributed by atoms with van der Waals surface area (Å²) in [5, 5.41) is 18.7. The number of amides is 1. The number of nitrogens with zero attached hydrogens (tertiary/aromatic N) is 1. The Hall–Kier alpha value is -1.33. The number of aryl methyl sites for hydroxylation is 1. The summed E-state index contributed by atoms with van der Waals surface area (Å²) in [6, 6.07) is 1.77. The second-order valence-electron chi connectivity index (χ2n) is 6.67. The van der Waals surface area contributed by atoms with Crippen LogP contribution in [-0.2, 0) is 4.74 Å². The fourth-order valence-electron chi connectivity index (χ4n) is 2.99. The van der Waals surface area contributed by atoms with Gasteiger partial charge in [-0.25, -0.2) is 0 Å². The van der Waals surface area contributed by atoms with E-state index in [1.165, 1.54) is 6.26 Å². The second-order valence-corrected chi connectivity index (χ2v) is 6.67. The fourth-order valence-corrected chi connectivity index (χ4v) is 2.99. The summed E-state index contributed by atoms with van der Waals surface area (Å²) in [6.07, 6.45) is 3.93. The Morgan fingerprint density at radius 1 is 1.33 bits per heavy atom. The molecule has 0 saturated carbocycles. The standard InChI is InChI=1S/C18H30N4O4.HI/c1-14-4-10-26-15(14)16(24)20-7-3-8-21-17(19-2)22-12-18(5-9-23)6-11-25-13-18;/h4,10,23H,3,5-9,11-13H2,1-2H3,(H,20,24)(H2,19,21,22);1H. The van der Waals surface area contributed by atoms with Crippen LogP contribution < -0.4 is 16.0 Å². The molecule has 1 amide bonds. The highest BCUT2D eigenvalue weighted by Crippen LogP contribution is 2.31. The predicted octanol–water partition coefficient (Wildman–Crippen LogP) is 1.28. The molecular formula is C18H31IN4O4. The van der Waals surface area contributed by atoms with Gasteiger partial charge in [0.2, 0.25) is 0 Å². The molecule has 0 bridgehead atoms. The first-order chi connectivity index (χ1) is 12.6. The highest BCUT2D eigenvalue weighted by Gasteiger charge is 2.34. The van der Waals surface area contributed by atoms with E-state index in [0.29, 0.717) is 38.0 Å². The van der Waals surface area contributed by atoms with Crippen molar-refractivity contribution in [3.8, 4) is 0 Å². The van der Waals surface area contributed by atoms with E-state index in [1.807, 2.05) is 6.92 Å². The zero-order chi connectivity index (χ0) is 18.8. The second kappa shape index (κ2) is 12.2. The number of nitrogens with one attached hydrogen (secondary N) is 3. The number of halogens is 1. The number of aliphatic hydroxyl groups excluding tert-OH is 1. The molecule has 4 N–H and O–H groups in total. The lowest BCUT2D eigenvalue weighted by molar-refractivity contribution is 0.0925. The molecule has 27 heavy (non-hydrogen) atoms. The van der Waals surface area contributed by atoms with Crippen molar-refractivity contribution in [3.05, 3.63) is 23.7 Å². The molecule has 8 nitrogen and oxygen atoms in total. The van der Waals surface area contributed by atoms with E-state index in [-0.39, 0.29) is 41.9 Å². The Bertz CT molecular complexity index is 600. The van der Waals surface area contributed by atoms with Gasteiger partial charge in [0.05, 0.1) is 12.9 Å². The maximum absolute atomic E-state index is 11.9. The molecule has 1 atom stereocenters. The zero-order valence-electron chi connectivity index (χ0n) is 16.0. The van der Waals surface area contributed by atoms with Gasteiger partial charge in [0.25, 0.3) is 5.91 Å². The maximum atomic E-state index is 11.9. The lowest BCUT2D eigenvalue weighted by Gasteiger charge is -2.27. The minimum Gasteiger partial charge on any atom is -0.459 e. The van der Waals surface area contributed by atoms with E-state index in [1.54, 1.807) is 13.1 Å². The van der Waals surface area contributed by atoms with Gasteiger partial charge in [-0.05, 0) is 32.3 Å². The highest BCUT2D eigenvalue weighted by atomic mass is 127. The van der Waals surface area contributed by atoms with Crippen LogP contribution in [0.4, 0.5) is 0 Å². The quantitative estimate of drug-likeness (QED) is 0.178. The number of guanidine groups is 1. The Balaban J connectivity index is 0.00000364. The summed E-state index contributed by atoms with van der Waals surface area (Å²) >= 11 is 0. The average molecular weight is 494 g/mol. The predicted molar refractivity (Wildman–Crippen MR) is 115 cm³/mol. The molecule has 0 radical (unpaired) electrons. The number of carbonyl (C=O) groups excluding carboxylic acids is 1. The maximum Gasteiger partial charge on any atom is 0.287 e. The lowest BCUT2D eigenvalue weighted by atomic mass is 9.84. The van der Waals surface area contributed by atoms with Gasteiger partial charge in [0.15, 0.2) is 11.7 Å². The van der Waals surface area contributed by atoms with E-state index < -0.39 is 0 Å². The van der Waals surface area contributed by atoms with Gasteiger partial charge in [0, 0.05) is 50.9 Å². The zero-order valence-corrected chi connectivity index (χ0v) is 18.4. The minimum absolute atomic E-state index is 0. The van der Waals surface area contributed by atoms with Crippen molar-refractivity contribution in [2.45, 2.75) is 26.2 Å². The van der Waals surface area contributed by atoms with Crippen molar-refractivity contribution in [2.24, 2.45) is 10.4 Å². The Morgan fingerprint density at radius 2 is 2.11 bits per heavy atom. The van der Waals surface area contributed by atoms with Gasteiger partial charge in [-0.15, -0.1) is 24.0 Å². The van der Waals surface area contributed by atoms with Crippen LogP contribution in [0.2, 0.25) is 0 Å². The molecule has 154 valence electrons. The number of hydrogen-bond donors (Lipinski definition) is 4. The van der Waals surface area contributed by atoms with Crippen LogP contribution in [0.15, 0.2) is 21.7 Å². The third-order valence-corrected chi connectivity index (χ3v) is 4.68. The van der Waals surface area contributed by atoms with Gasteiger partial charge in [-0.2, -0.15) is 0 Å². The highest BCUT2D eigenvalue weighted by molar-refractivity contribution is 14.0. The number of aliphatic hydroxyl groups is 1. The molecule has 1 unspecified atom stereocenters. The van der Waals surface area contributed by atoms with Gasteiger partial charge in [0.1, 0.15) is 0 Å². The molecular weight excluding hydrogens is 463 g/mol. The molecule has 0 aliphatic carbocycles. The number of aliphatic imine (C=N–C) groups is 1. The first-order valence-electron chi connectivity index (χ1n) is 9.06. The molecule has 1 aliphatic heterocycles. The van der Waals surface area contributed by atoms with Crippen molar-refractivity contribution in [1.82, 2.24) is 16.0 Å². The van der Waals surface area contributed by atoms with Crippen molar-refractivity contribution in [3.63, 3.8) is 0 Å². The minimum atomic E-state index is -0.192. The number of ether oxygens (including phenoxy) is 1. The van der Waals surface area contributed by atoms with E-state index in [0.717, 1.165) is 31.4 Å². The van der Waals surface area contributed by atoms with Crippen LogP contribution in [0.25, 0.3) is 0 Å². The normalized spacial score (nSPS) is 19.4. The topological polar surface area (TPSA) is 108 Å². The number of carbonyl (C=O) groups is 1. The van der Waals surface area contributed by atoms with Crippen molar-refractivity contribution in [1.29, 1.82) is 0 Å². The van der Waals surface area contributed by atoms with E-state index >= 15 is 0 Å². The van der Waals surface area contributed by atoms with Crippen molar-refractivity contribution >= 4 is 35.8 Å². The summed E-state index contributed by atoms with van der Waals surface area (Å²) < 4.78 is 10.7. The smallest absolute Gasteiger partial charge is 0.287 e. The van der Waals surface area contributed by atoms with Crippen LogP contribution >= 0.6 is 24.0 Å². The first kappa shape index (κ1) is 23.7. The molecule has 9 heteroatoms. The third kappa shape index (κ3) is 7.30. The van der Waals surface area contributed by atoms with Gasteiger partial charge >= 0.3 is 0 Å². The molecule has 0 aromatic carbocycles. The van der Waals surface area contributed by atoms with Crippen LogP contribution in [0.1, 0.15) is 35.4 Å². The van der Waals surface area contributed by atoms with Crippen molar-refractivity contribution < 1.29 is 19.1 Å². The summed E-state index contributed by atoms with van der Waals surface area (Å²) in [7, 11) is 1.72. The van der Waals surface area contributed by atoms with Crippen LogP contribution in [-0.4, -0.2) is 63.5 Å². The van der Waals surface area contributed by atoms with Crippen LogP contribution in [0.5, 0.6) is 0 Å². The molecule has 0 spiro atoms. The van der Waals surface area contributed by atoms with Gasteiger partial charge < -0.3 is 30.2 Å². The lowest BCUT2D eigenvalue weighted by Crippen LogP contribution is -2.45. The molecule has 2 rings (SSSR count). The molecule has 1 aromatic rings. The third-order valence-electron chi connectivity index (χ3n) is 4.68. The van der Waals surface area contributed by atoms with E-state index in [9.17, 15) is 9.90 Å². The Morgan fingerprint density at radius 3 is 2.70 bits per heavy atom.